The lowest BCUT2D eigenvalue weighted by Crippen LogP contribution is -2.48. The molecule has 4 rings (SSSR count). The number of nitrogens with zero attached hydrogens (tertiary/aromatic N) is 3. The van der Waals surface area contributed by atoms with E-state index in [0.29, 0.717) is 32.1 Å². The van der Waals surface area contributed by atoms with E-state index in [1.54, 1.807) is 4.90 Å². The van der Waals surface area contributed by atoms with Gasteiger partial charge in [-0.05, 0) is 36.2 Å². The van der Waals surface area contributed by atoms with Gasteiger partial charge in [-0.3, -0.25) is 4.79 Å². The number of fused-ring (bicyclic) bond motifs is 1. The first kappa shape index (κ1) is 22.5. The maximum absolute atomic E-state index is 14.0. The Bertz CT molecular complexity index is 1130. The van der Waals surface area contributed by atoms with E-state index in [1.165, 1.54) is 11.0 Å². The van der Waals surface area contributed by atoms with E-state index in [1.807, 2.05) is 55.6 Å². The lowest BCUT2D eigenvalue weighted by molar-refractivity contribution is -0.134. The standard InChI is InChI=1S/C25H26F2N4O2/c1-2-12-30(25(33)28-21-11-10-19(26)16-20(21)27)17-23(32)31-15-14-29-13-6-9-22(29)24(31)18-7-4-3-5-8-18/h3-11,13,16,24H,2,12,14-15,17H2,1H3,(H,28,33). The van der Waals surface area contributed by atoms with Crippen molar-refractivity contribution in [3.8, 4) is 0 Å². The number of aromatic nitrogens is 1. The fraction of sp³-hybridized carbons (Fsp3) is 0.280. The van der Waals surface area contributed by atoms with Crippen LogP contribution in [0.1, 0.15) is 30.6 Å². The van der Waals surface area contributed by atoms with Gasteiger partial charge in [-0.2, -0.15) is 0 Å². The molecule has 0 spiro atoms. The molecule has 0 fully saturated rings. The molecule has 1 N–H and O–H groups in total. The van der Waals surface area contributed by atoms with Gasteiger partial charge in [-0.15, -0.1) is 0 Å². The van der Waals surface area contributed by atoms with E-state index in [0.717, 1.165) is 17.3 Å². The number of nitrogens with one attached hydrogen (secondary N) is 1. The molecule has 1 aliphatic rings. The first-order chi connectivity index (χ1) is 16.0. The predicted octanol–water partition coefficient (Wildman–Crippen LogP) is 4.64. The SMILES string of the molecule is CCCN(CC(=O)N1CCn2cccc2C1c1ccccc1)C(=O)Nc1ccc(F)cc1F. The molecule has 8 heteroatoms. The van der Waals surface area contributed by atoms with Crippen molar-refractivity contribution in [2.45, 2.75) is 25.9 Å². The smallest absolute Gasteiger partial charge is 0.322 e. The Kier molecular flexibility index (Phi) is 6.72. The van der Waals surface area contributed by atoms with E-state index in [4.69, 9.17) is 0 Å². The van der Waals surface area contributed by atoms with E-state index in [2.05, 4.69) is 9.88 Å². The maximum Gasteiger partial charge on any atom is 0.322 e. The summed E-state index contributed by atoms with van der Waals surface area (Å²) >= 11 is 0. The second-order valence-electron chi connectivity index (χ2n) is 8.00. The summed E-state index contributed by atoms with van der Waals surface area (Å²) in [6.07, 6.45) is 2.62. The zero-order chi connectivity index (χ0) is 23.4. The van der Waals surface area contributed by atoms with E-state index in [-0.39, 0.29) is 24.2 Å². The minimum absolute atomic E-state index is 0.132. The summed E-state index contributed by atoms with van der Waals surface area (Å²) in [6, 6.07) is 15.8. The van der Waals surface area contributed by atoms with Gasteiger partial charge in [0.25, 0.3) is 0 Å². The van der Waals surface area contributed by atoms with Crippen LogP contribution in [0.5, 0.6) is 0 Å². The topological polar surface area (TPSA) is 57.6 Å². The van der Waals surface area contributed by atoms with Crippen LogP contribution >= 0.6 is 0 Å². The molecule has 0 saturated heterocycles. The third kappa shape index (κ3) is 4.89. The average molecular weight is 453 g/mol. The number of hydrogen-bond acceptors (Lipinski definition) is 2. The number of carbonyl (C=O) groups is 2. The number of urea groups is 1. The summed E-state index contributed by atoms with van der Waals surface area (Å²) in [5, 5.41) is 2.46. The monoisotopic (exact) mass is 452 g/mol. The Balaban J connectivity index is 1.54. The molecule has 1 aromatic heterocycles. The maximum atomic E-state index is 14.0. The Morgan fingerprint density at radius 1 is 1.06 bits per heavy atom. The zero-order valence-electron chi connectivity index (χ0n) is 18.4. The summed E-state index contributed by atoms with van der Waals surface area (Å²) in [7, 11) is 0. The molecule has 3 aromatic rings. The highest BCUT2D eigenvalue weighted by Gasteiger charge is 2.33. The van der Waals surface area contributed by atoms with Crippen LogP contribution in [0.2, 0.25) is 0 Å². The minimum atomic E-state index is -0.868. The lowest BCUT2D eigenvalue weighted by atomic mass is 10.00. The molecule has 1 atom stereocenters. The molecule has 33 heavy (non-hydrogen) atoms. The molecular weight excluding hydrogens is 426 g/mol. The summed E-state index contributed by atoms with van der Waals surface area (Å²) in [5.41, 5.74) is 1.87. The Morgan fingerprint density at radius 3 is 2.58 bits per heavy atom. The predicted molar refractivity (Wildman–Crippen MR) is 122 cm³/mol. The van der Waals surface area contributed by atoms with Crippen LogP contribution in [0, 0.1) is 11.6 Å². The highest BCUT2D eigenvalue weighted by molar-refractivity contribution is 5.92. The van der Waals surface area contributed by atoms with Crippen LogP contribution in [-0.4, -0.2) is 45.9 Å². The number of hydrogen-bond donors (Lipinski definition) is 1. The molecule has 0 bridgehead atoms. The van der Waals surface area contributed by atoms with Gasteiger partial charge in [0.05, 0.1) is 11.7 Å². The second-order valence-corrected chi connectivity index (χ2v) is 8.00. The van der Waals surface area contributed by atoms with Crippen LogP contribution in [0.4, 0.5) is 19.3 Å². The molecule has 172 valence electrons. The number of rotatable bonds is 6. The summed E-state index contributed by atoms with van der Waals surface area (Å²) < 4.78 is 29.3. The molecule has 1 aliphatic heterocycles. The average Bonchev–Trinajstić information content (AvgIpc) is 3.29. The molecule has 0 saturated carbocycles. The summed E-state index contributed by atoms with van der Waals surface area (Å²) in [5.74, 6) is -1.79. The first-order valence-electron chi connectivity index (χ1n) is 11.0. The number of carbonyl (C=O) groups excluding carboxylic acids is 2. The van der Waals surface area contributed by atoms with Crippen LogP contribution in [0.3, 0.4) is 0 Å². The summed E-state index contributed by atoms with van der Waals surface area (Å²) in [4.78, 5) is 29.4. The minimum Gasteiger partial charge on any atom is -0.348 e. The molecule has 2 heterocycles. The van der Waals surface area contributed by atoms with Gasteiger partial charge >= 0.3 is 6.03 Å². The fourth-order valence-electron chi connectivity index (χ4n) is 4.20. The molecule has 0 aliphatic carbocycles. The normalized spacial score (nSPS) is 15.1. The molecule has 6 nitrogen and oxygen atoms in total. The second kappa shape index (κ2) is 9.85. The van der Waals surface area contributed by atoms with Gasteiger partial charge in [0.15, 0.2) is 0 Å². The van der Waals surface area contributed by atoms with Crippen molar-refractivity contribution >= 4 is 17.6 Å². The Morgan fingerprint density at radius 2 is 1.85 bits per heavy atom. The van der Waals surface area contributed by atoms with Gasteiger partial charge < -0.3 is 19.7 Å². The number of amides is 3. The van der Waals surface area contributed by atoms with E-state index in [9.17, 15) is 18.4 Å². The molecule has 1 unspecified atom stereocenters. The van der Waals surface area contributed by atoms with Crippen LogP contribution in [0.25, 0.3) is 0 Å². The summed E-state index contributed by atoms with van der Waals surface area (Å²) in [6.45, 7) is 3.24. The van der Waals surface area contributed by atoms with Gasteiger partial charge in [0.2, 0.25) is 5.91 Å². The molecular formula is C25H26F2N4O2. The number of halogens is 2. The van der Waals surface area contributed by atoms with Crippen molar-refractivity contribution < 1.29 is 18.4 Å². The van der Waals surface area contributed by atoms with E-state index < -0.39 is 17.7 Å². The highest BCUT2D eigenvalue weighted by Crippen LogP contribution is 2.32. The van der Waals surface area contributed by atoms with Gasteiger partial charge in [-0.1, -0.05) is 37.3 Å². The zero-order valence-corrected chi connectivity index (χ0v) is 18.4. The van der Waals surface area contributed by atoms with Crippen molar-refractivity contribution in [1.82, 2.24) is 14.4 Å². The van der Waals surface area contributed by atoms with Crippen molar-refractivity contribution in [3.05, 3.63) is 89.8 Å². The van der Waals surface area contributed by atoms with Crippen molar-refractivity contribution in [2.75, 3.05) is 25.0 Å². The fourth-order valence-corrected chi connectivity index (χ4v) is 4.20. The third-order valence-electron chi connectivity index (χ3n) is 5.75. The number of anilines is 1. The van der Waals surface area contributed by atoms with Crippen LogP contribution in [-0.2, 0) is 11.3 Å². The molecule has 2 aromatic carbocycles. The van der Waals surface area contributed by atoms with E-state index >= 15 is 0 Å². The van der Waals surface area contributed by atoms with Gasteiger partial charge in [-0.25, -0.2) is 13.6 Å². The quantitative estimate of drug-likeness (QED) is 0.592. The van der Waals surface area contributed by atoms with Crippen molar-refractivity contribution in [1.29, 1.82) is 0 Å². The van der Waals surface area contributed by atoms with Crippen molar-refractivity contribution in [2.24, 2.45) is 0 Å². The first-order valence-corrected chi connectivity index (χ1v) is 11.0. The van der Waals surface area contributed by atoms with Gasteiger partial charge in [0, 0.05) is 37.6 Å². The van der Waals surface area contributed by atoms with Gasteiger partial charge in [0.1, 0.15) is 18.2 Å². The van der Waals surface area contributed by atoms with Crippen molar-refractivity contribution in [3.63, 3.8) is 0 Å². The van der Waals surface area contributed by atoms with Crippen LogP contribution < -0.4 is 5.32 Å². The number of benzene rings is 2. The Hall–Kier alpha value is -3.68. The largest absolute Gasteiger partial charge is 0.348 e. The Labute approximate surface area is 191 Å². The third-order valence-corrected chi connectivity index (χ3v) is 5.75. The highest BCUT2D eigenvalue weighted by atomic mass is 19.1. The molecule has 0 radical (unpaired) electrons. The lowest BCUT2D eigenvalue weighted by Gasteiger charge is -2.38. The van der Waals surface area contributed by atoms with Crippen LogP contribution in [0.15, 0.2) is 66.9 Å². The molecule has 3 amide bonds.